The molecule has 1 saturated heterocycles. The van der Waals surface area contributed by atoms with Crippen LogP contribution in [0, 0.1) is 11.8 Å². The largest absolute Gasteiger partial charge is 0.469 e. The molecule has 1 saturated carbocycles. The van der Waals surface area contributed by atoms with Gasteiger partial charge < -0.3 is 18.9 Å². The first-order valence-corrected chi connectivity index (χ1v) is 8.02. The Balaban J connectivity index is 1.99. The summed E-state index contributed by atoms with van der Waals surface area (Å²) in [6, 6.07) is 0. The standard InChI is InChI=1S/C16H26O6/c1-10-12(8-15(18)19-3)14(21-11(2)17)9-13(10)22-16-6-4-5-7-20-16/h10,12-14,16H,4-9H2,1-3H3/t10-,12-,13-,14+,16?/m1/s1. The van der Waals surface area contributed by atoms with E-state index in [0.29, 0.717) is 6.42 Å². The second kappa shape index (κ2) is 7.92. The Morgan fingerprint density at radius 3 is 2.59 bits per heavy atom. The monoisotopic (exact) mass is 314 g/mol. The molecule has 5 atom stereocenters. The Morgan fingerprint density at radius 1 is 1.23 bits per heavy atom. The number of esters is 2. The quantitative estimate of drug-likeness (QED) is 0.723. The van der Waals surface area contributed by atoms with E-state index in [4.69, 9.17) is 18.9 Å². The van der Waals surface area contributed by atoms with Crippen LogP contribution in [0.4, 0.5) is 0 Å². The van der Waals surface area contributed by atoms with E-state index in [1.165, 1.54) is 14.0 Å². The highest BCUT2D eigenvalue weighted by Crippen LogP contribution is 2.39. The Morgan fingerprint density at radius 2 is 2.00 bits per heavy atom. The highest BCUT2D eigenvalue weighted by molar-refractivity contribution is 5.70. The number of methoxy groups -OCH3 is 1. The van der Waals surface area contributed by atoms with Gasteiger partial charge in [-0.2, -0.15) is 0 Å². The average molecular weight is 314 g/mol. The minimum Gasteiger partial charge on any atom is -0.469 e. The molecule has 0 aromatic carbocycles. The van der Waals surface area contributed by atoms with Crippen LogP contribution in [0.25, 0.3) is 0 Å². The third kappa shape index (κ3) is 4.43. The molecule has 2 aliphatic rings. The zero-order valence-electron chi connectivity index (χ0n) is 13.6. The lowest BCUT2D eigenvalue weighted by Gasteiger charge is -2.28. The van der Waals surface area contributed by atoms with Crippen LogP contribution in [0.15, 0.2) is 0 Å². The summed E-state index contributed by atoms with van der Waals surface area (Å²) in [7, 11) is 1.37. The van der Waals surface area contributed by atoms with E-state index in [1.807, 2.05) is 6.92 Å². The molecule has 0 amide bonds. The van der Waals surface area contributed by atoms with Crippen LogP contribution < -0.4 is 0 Å². The van der Waals surface area contributed by atoms with Gasteiger partial charge in [0.2, 0.25) is 0 Å². The van der Waals surface area contributed by atoms with Crippen molar-refractivity contribution in [1.82, 2.24) is 0 Å². The maximum Gasteiger partial charge on any atom is 0.305 e. The van der Waals surface area contributed by atoms with Crippen LogP contribution in [-0.4, -0.2) is 44.2 Å². The number of hydrogen-bond acceptors (Lipinski definition) is 6. The Bertz CT molecular complexity index is 390. The maximum absolute atomic E-state index is 11.6. The van der Waals surface area contributed by atoms with Gasteiger partial charge in [-0.3, -0.25) is 9.59 Å². The molecule has 22 heavy (non-hydrogen) atoms. The predicted molar refractivity (Wildman–Crippen MR) is 77.9 cm³/mol. The highest BCUT2D eigenvalue weighted by Gasteiger charge is 2.45. The number of hydrogen-bond donors (Lipinski definition) is 0. The third-order valence-electron chi connectivity index (χ3n) is 4.62. The first-order valence-electron chi connectivity index (χ1n) is 8.02. The Hall–Kier alpha value is -1.14. The van der Waals surface area contributed by atoms with Crippen molar-refractivity contribution in [3.05, 3.63) is 0 Å². The molecule has 0 N–H and O–H groups in total. The van der Waals surface area contributed by atoms with Crippen molar-refractivity contribution in [3.63, 3.8) is 0 Å². The number of carbonyl (C=O) groups excluding carboxylic acids is 2. The van der Waals surface area contributed by atoms with Crippen molar-refractivity contribution in [2.24, 2.45) is 11.8 Å². The first-order chi connectivity index (χ1) is 10.5. The molecule has 0 aromatic rings. The number of rotatable bonds is 5. The van der Waals surface area contributed by atoms with E-state index in [0.717, 1.165) is 25.9 Å². The average Bonchev–Trinajstić information content (AvgIpc) is 2.76. The van der Waals surface area contributed by atoms with Crippen LogP contribution in [0.1, 0.15) is 46.0 Å². The van der Waals surface area contributed by atoms with Gasteiger partial charge in [0.15, 0.2) is 6.29 Å². The lowest BCUT2D eigenvalue weighted by atomic mass is 9.92. The molecular weight excluding hydrogens is 288 g/mol. The predicted octanol–water partition coefficient (Wildman–Crippen LogP) is 2.05. The van der Waals surface area contributed by atoms with Gasteiger partial charge in [-0.05, 0) is 25.2 Å². The van der Waals surface area contributed by atoms with Crippen molar-refractivity contribution in [2.75, 3.05) is 13.7 Å². The summed E-state index contributed by atoms with van der Waals surface area (Å²) in [4.78, 5) is 22.9. The molecule has 126 valence electrons. The van der Waals surface area contributed by atoms with Gasteiger partial charge in [0.25, 0.3) is 0 Å². The Labute approximate surface area is 131 Å². The van der Waals surface area contributed by atoms with Crippen LogP contribution in [0.5, 0.6) is 0 Å². The van der Waals surface area contributed by atoms with Crippen molar-refractivity contribution in [3.8, 4) is 0 Å². The number of ether oxygens (including phenoxy) is 4. The summed E-state index contributed by atoms with van der Waals surface area (Å²) in [5.74, 6) is -0.593. The molecular formula is C16H26O6. The van der Waals surface area contributed by atoms with Crippen LogP contribution in [0.2, 0.25) is 0 Å². The maximum atomic E-state index is 11.6. The molecule has 6 nitrogen and oxygen atoms in total. The molecule has 0 spiro atoms. The summed E-state index contributed by atoms with van der Waals surface area (Å²) in [6.45, 7) is 4.15. The van der Waals surface area contributed by atoms with Gasteiger partial charge >= 0.3 is 11.9 Å². The topological polar surface area (TPSA) is 71.1 Å². The molecule has 1 heterocycles. The normalized spacial score (nSPS) is 35.1. The summed E-state index contributed by atoms with van der Waals surface area (Å²) in [5, 5.41) is 0. The van der Waals surface area contributed by atoms with Gasteiger partial charge in [0, 0.05) is 25.9 Å². The molecule has 0 aromatic heterocycles. The Kier molecular flexibility index (Phi) is 6.20. The van der Waals surface area contributed by atoms with Crippen molar-refractivity contribution in [1.29, 1.82) is 0 Å². The lowest BCUT2D eigenvalue weighted by molar-refractivity contribution is -0.195. The molecule has 6 heteroatoms. The molecule has 1 aliphatic heterocycles. The smallest absolute Gasteiger partial charge is 0.305 e. The van der Waals surface area contributed by atoms with E-state index in [-0.39, 0.29) is 48.7 Å². The van der Waals surface area contributed by atoms with Crippen LogP contribution in [0.3, 0.4) is 0 Å². The third-order valence-corrected chi connectivity index (χ3v) is 4.62. The summed E-state index contributed by atoms with van der Waals surface area (Å²) in [5.41, 5.74) is 0. The van der Waals surface area contributed by atoms with Gasteiger partial charge in [-0.15, -0.1) is 0 Å². The molecule has 0 radical (unpaired) electrons. The second-order valence-corrected chi connectivity index (χ2v) is 6.16. The van der Waals surface area contributed by atoms with Crippen molar-refractivity contribution < 1.29 is 28.5 Å². The SMILES string of the molecule is COC(=O)C[C@@H]1[C@@H](C)[C@H](OC2CCCCO2)C[C@@H]1OC(C)=O. The van der Waals surface area contributed by atoms with Crippen LogP contribution in [-0.2, 0) is 28.5 Å². The summed E-state index contributed by atoms with van der Waals surface area (Å²) in [6.07, 6.45) is 3.34. The minimum atomic E-state index is -0.332. The zero-order chi connectivity index (χ0) is 16.1. The van der Waals surface area contributed by atoms with E-state index >= 15 is 0 Å². The summed E-state index contributed by atoms with van der Waals surface area (Å²) < 4.78 is 21.8. The number of carbonyl (C=O) groups is 2. The first kappa shape index (κ1) is 17.2. The van der Waals surface area contributed by atoms with Crippen molar-refractivity contribution in [2.45, 2.75) is 64.4 Å². The summed E-state index contributed by atoms with van der Waals surface area (Å²) >= 11 is 0. The van der Waals surface area contributed by atoms with E-state index < -0.39 is 0 Å². The lowest BCUT2D eigenvalue weighted by Crippen LogP contribution is -2.30. The van der Waals surface area contributed by atoms with Crippen LogP contribution >= 0.6 is 0 Å². The second-order valence-electron chi connectivity index (χ2n) is 6.16. The van der Waals surface area contributed by atoms with Gasteiger partial charge in [0.05, 0.1) is 19.6 Å². The molecule has 1 aliphatic carbocycles. The molecule has 0 bridgehead atoms. The van der Waals surface area contributed by atoms with Gasteiger partial charge in [-0.25, -0.2) is 0 Å². The van der Waals surface area contributed by atoms with Crippen molar-refractivity contribution >= 4 is 11.9 Å². The minimum absolute atomic E-state index is 0.0675. The zero-order valence-corrected chi connectivity index (χ0v) is 13.6. The fourth-order valence-corrected chi connectivity index (χ4v) is 3.37. The molecule has 2 fully saturated rings. The van der Waals surface area contributed by atoms with Gasteiger partial charge in [0.1, 0.15) is 6.10 Å². The highest BCUT2D eigenvalue weighted by atomic mass is 16.7. The fourth-order valence-electron chi connectivity index (χ4n) is 3.37. The fraction of sp³-hybridized carbons (Fsp3) is 0.875. The van der Waals surface area contributed by atoms with Gasteiger partial charge in [-0.1, -0.05) is 6.92 Å². The van der Waals surface area contributed by atoms with E-state index in [1.54, 1.807) is 0 Å². The molecule has 1 unspecified atom stereocenters. The van der Waals surface area contributed by atoms with E-state index in [9.17, 15) is 9.59 Å². The molecule has 2 rings (SSSR count). The van der Waals surface area contributed by atoms with E-state index in [2.05, 4.69) is 0 Å².